The molecule has 2 heterocycles. The number of thioether (sulfide) groups is 2. The van der Waals surface area contributed by atoms with Gasteiger partial charge in [-0.25, -0.2) is 0 Å². The minimum absolute atomic E-state index is 1.00. The third-order valence-corrected chi connectivity index (χ3v) is 4.57. The lowest BCUT2D eigenvalue weighted by Gasteiger charge is -2.02. The van der Waals surface area contributed by atoms with Gasteiger partial charge in [0, 0.05) is 35.4 Å². The van der Waals surface area contributed by atoms with Gasteiger partial charge in [0.1, 0.15) is 0 Å². The highest BCUT2D eigenvalue weighted by Crippen LogP contribution is 2.14. The molecule has 4 heteroatoms. The lowest BCUT2D eigenvalue weighted by atomic mass is 10.4. The average molecular weight is 276 g/mol. The summed E-state index contributed by atoms with van der Waals surface area (Å²) in [5.41, 5.74) is 2.33. The van der Waals surface area contributed by atoms with Crippen LogP contribution in [0.2, 0.25) is 0 Å². The topological polar surface area (TPSA) is 25.8 Å². The van der Waals surface area contributed by atoms with Crippen molar-refractivity contribution in [3.05, 3.63) is 60.2 Å². The Morgan fingerprint density at radius 3 is 1.61 bits per heavy atom. The van der Waals surface area contributed by atoms with E-state index in [1.165, 1.54) is 0 Å². The monoisotopic (exact) mass is 276 g/mol. The first-order valence-corrected chi connectivity index (χ1v) is 8.21. The van der Waals surface area contributed by atoms with Gasteiger partial charge in [-0.15, -0.1) is 0 Å². The zero-order valence-corrected chi connectivity index (χ0v) is 11.8. The van der Waals surface area contributed by atoms with Crippen molar-refractivity contribution in [2.24, 2.45) is 0 Å². The molecule has 18 heavy (non-hydrogen) atoms. The van der Waals surface area contributed by atoms with E-state index in [0.29, 0.717) is 0 Å². The largest absolute Gasteiger partial charge is 0.260 e. The fourth-order valence-electron chi connectivity index (χ4n) is 1.44. The first kappa shape index (κ1) is 13.4. The summed E-state index contributed by atoms with van der Waals surface area (Å²) in [6, 6.07) is 12.1. The smallest absolute Gasteiger partial charge is 0.0502 e. The first-order chi connectivity index (χ1) is 8.95. The second kappa shape index (κ2) is 8.16. The lowest BCUT2D eigenvalue weighted by molar-refractivity contribution is 1.17. The van der Waals surface area contributed by atoms with Crippen LogP contribution in [0.1, 0.15) is 11.4 Å². The molecule has 2 nitrogen and oxygen atoms in total. The van der Waals surface area contributed by atoms with Gasteiger partial charge in [-0.2, -0.15) is 23.5 Å². The molecule has 0 bridgehead atoms. The van der Waals surface area contributed by atoms with Crippen LogP contribution in [0.3, 0.4) is 0 Å². The highest BCUT2D eigenvalue weighted by molar-refractivity contribution is 8.02. The quantitative estimate of drug-likeness (QED) is 0.721. The Bertz CT molecular complexity index is 391. The summed E-state index contributed by atoms with van der Waals surface area (Å²) in [6.07, 6.45) is 3.71. The van der Waals surface area contributed by atoms with Crippen LogP contribution in [0.5, 0.6) is 0 Å². The molecule has 0 saturated heterocycles. The summed E-state index contributed by atoms with van der Waals surface area (Å²) in [5.74, 6) is 4.33. The van der Waals surface area contributed by atoms with E-state index in [9.17, 15) is 0 Å². The number of aromatic nitrogens is 2. The summed E-state index contributed by atoms with van der Waals surface area (Å²) >= 11 is 3.88. The maximum Gasteiger partial charge on any atom is 0.0502 e. The highest BCUT2D eigenvalue weighted by Gasteiger charge is 1.96. The van der Waals surface area contributed by atoms with Gasteiger partial charge in [-0.3, -0.25) is 9.97 Å². The summed E-state index contributed by atoms with van der Waals surface area (Å²) in [7, 11) is 0. The van der Waals surface area contributed by atoms with Crippen molar-refractivity contribution >= 4 is 23.5 Å². The van der Waals surface area contributed by atoms with Gasteiger partial charge in [0.15, 0.2) is 0 Å². The third-order valence-electron chi connectivity index (χ3n) is 2.32. The summed E-state index contributed by atoms with van der Waals surface area (Å²) in [5, 5.41) is 0. The van der Waals surface area contributed by atoms with Crippen LogP contribution in [0, 0.1) is 0 Å². The van der Waals surface area contributed by atoms with E-state index in [2.05, 4.69) is 22.1 Å². The van der Waals surface area contributed by atoms with Gasteiger partial charge < -0.3 is 0 Å². The van der Waals surface area contributed by atoms with E-state index in [1.807, 2.05) is 60.2 Å². The number of rotatable bonds is 7. The Morgan fingerprint density at radius 2 is 1.22 bits per heavy atom. The predicted octanol–water partition coefficient (Wildman–Crippen LogP) is 3.64. The minimum Gasteiger partial charge on any atom is -0.260 e. The van der Waals surface area contributed by atoms with E-state index in [4.69, 9.17) is 0 Å². The van der Waals surface area contributed by atoms with Gasteiger partial charge >= 0.3 is 0 Å². The molecular weight excluding hydrogens is 260 g/mol. The highest BCUT2D eigenvalue weighted by atomic mass is 32.2. The summed E-state index contributed by atoms with van der Waals surface area (Å²) in [6.45, 7) is 0. The first-order valence-electron chi connectivity index (χ1n) is 5.90. The second-order valence-corrected chi connectivity index (χ2v) is 5.96. The molecule has 0 aliphatic heterocycles. The van der Waals surface area contributed by atoms with E-state index < -0.39 is 0 Å². The Labute approximate surface area is 117 Å². The van der Waals surface area contributed by atoms with E-state index >= 15 is 0 Å². The molecule has 0 radical (unpaired) electrons. The van der Waals surface area contributed by atoms with Crippen LogP contribution >= 0.6 is 23.5 Å². The zero-order valence-electron chi connectivity index (χ0n) is 10.2. The van der Waals surface area contributed by atoms with Crippen LogP contribution in [-0.2, 0) is 11.5 Å². The van der Waals surface area contributed by atoms with Crippen molar-refractivity contribution in [3.63, 3.8) is 0 Å². The van der Waals surface area contributed by atoms with Crippen LogP contribution in [0.25, 0.3) is 0 Å². The maximum absolute atomic E-state index is 4.31. The molecule has 0 aliphatic carbocycles. The molecule has 2 aromatic rings. The Morgan fingerprint density at radius 1 is 0.722 bits per heavy atom. The van der Waals surface area contributed by atoms with Crippen molar-refractivity contribution in [2.45, 2.75) is 11.5 Å². The number of nitrogens with zero attached hydrogens (tertiary/aromatic N) is 2. The van der Waals surface area contributed by atoms with E-state index in [0.717, 1.165) is 34.4 Å². The van der Waals surface area contributed by atoms with Crippen molar-refractivity contribution in [3.8, 4) is 0 Å². The van der Waals surface area contributed by atoms with Crippen LogP contribution in [-0.4, -0.2) is 21.5 Å². The van der Waals surface area contributed by atoms with Crippen molar-refractivity contribution in [1.29, 1.82) is 0 Å². The molecule has 0 aliphatic rings. The van der Waals surface area contributed by atoms with Crippen molar-refractivity contribution < 1.29 is 0 Å². The molecule has 0 saturated carbocycles. The van der Waals surface area contributed by atoms with Crippen molar-refractivity contribution in [1.82, 2.24) is 9.97 Å². The summed E-state index contributed by atoms with van der Waals surface area (Å²) in [4.78, 5) is 8.61. The normalized spacial score (nSPS) is 10.4. The maximum atomic E-state index is 4.31. The van der Waals surface area contributed by atoms with E-state index in [-0.39, 0.29) is 0 Å². The lowest BCUT2D eigenvalue weighted by Crippen LogP contribution is -1.91. The molecule has 0 N–H and O–H groups in total. The summed E-state index contributed by atoms with van der Waals surface area (Å²) < 4.78 is 0. The standard InChI is InChI=1S/C14H16N2S2/c1-3-7-15-13(5-1)11-17-9-10-18-12-14-6-2-4-8-16-14/h1-8H,9-12H2. The Hall–Kier alpha value is -1.00. The van der Waals surface area contributed by atoms with E-state index in [1.54, 1.807) is 0 Å². The van der Waals surface area contributed by atoms with Gasteiger partial charge in [0.2, 0.25) is 0 Å². The molecule has 0 atom stereocenters. The van der Waals surface area contributed by atoms with Crippen LogP contribution in [0.15, 0.2) is 48.8 Å². The third kappa shape index (κ3) is 5.10. The minimum atomic E-state index is 1.00. The molecule has 0 spiro atoms. The van der Waals surface area contributed by atoms with Gasteiger partial charge in [-0.1, -0.05) is 12.1 Å². The molecule has 94 valence electrons. The number of hydrogen-bond donors (Lipinski definition) is 0. The molecule has 0 amide bonds. The average Bonchev–Trinajstić information content (AvgIpc) is 2.45. The fraction of sp³-hybridized carbons (Fsp3) is 0.286. The van der Waals surface area contributed by atoms with Gasteiger partial charge in [-0.05, 0) is 24.3 Å². The molecular formula is C14H16N2S2. The molecule has 0 aromatic carbocycles. The Balaban J connectivity index is 1.54. The molecule has 0 fully saturated rings. The predicted molar refractivity (Wildman–Crippen MR) is 80.8 cm³/mol. The Kier molecular flexibility index (Phi) is 6.09. The number of hydrogen-bond acceptors (Lipinski definition) is 4. The second-order valence-electron chi connectivity index (χ2n) is 3.75. The van der Waals surface area contributed by atoms with Crippen molar-refractivity contribution in [2.75, 3.05) is 11.5 Å². The van der Waals surface area contributed by atoms with Gasteiger partial charge in [0.05, 0.1) is 11.4 Å². The van der Waals surface area contributed by atoms with Crippen LogP contribution in [0.4, 0.5) is 0 Å². The van der Waals surface area contributed by atoms with Crippen LogP contribution < -0.4 is 0 Å². The fourth-order valence-corrected chi connectivity index (χ4v) is 3.43. The van der Waals surface area contributed by atoms with Gasteiger partial charge in [0.25, 0.3) is 0 Å². The molecule has 0 unspecified atom stereocenters. The molecule has 2 rings (SSSR count). The number of pyridine rings is 2. The molecule has 2 aromatic heterocycles. The SMILES string of the molecule is c1ccc(CSCCSCc2ccccn2)nc1. The zero-order chi connectivity index (χ0) is 12.5.